The van der Waals surface area contributed by atoms with Crippen LogP contribution in [0.4, 0.5) is 0 Å². The molecule has 0 saturated carbocycles. The number of rotatable bonds is 2. The highest BCUT2D eigenvalue weighted by Crippen LogP contribution is 2.35. The van der Waals surface area contributed by atoms with Crippen LogP contribution in [0.3, 0.4) is 0 Å². The zero-order chi connectivity index (χ0) is 10.8. The van der Waals surface area contributed by atoms with Crippen molar-refractivity contribution in [2.45, 2.75) is 25.7 Å². The summed E-state index contributed by atoms with van der Waals surface area (Å²) in [5, 5.41) is 0.685. The van der Waals surface area contributed by atoms with Crippen LogP contribution in [-0.2, 0) is 16.0 Å². The monoisotopic (exact) mass is 224 g/mol. The third-order valence-corrected chi connectivity index (χ3v) is 2.99. The summed E-state index contributed by atoms with van der Waals surface area (Å²) < 4.78 is 5.04. The number of hydrogen-bond donors (Lipinski definition) is 0. The van der Waals surface area contributed by atoms with Gasteiger partial charge in [-0.3, -0.25) is 4.79 Å². The number of hydrogen-bond acceptors (Lipinski definition) is 2. The molecule has 1 aromatic rings. The molecule has 1 aliphatic carbocycles. The smallest absolute Gasteiger partial charge is 0.313 e. The summed E-state index contributed by atoms with van der Waals surface area (Å²) >= 11 is 5.92. The second-order valence-electron chi connectivity index (χ2n) is 3.69. The van der Waals surface area contributed by atoms with E-state index in [0.29, 0.717) is 11.6 Å². The Morgan fingerprint density at radius 3 is 3.13 bits per heavy atom. The average molecular weight is 225 g/mol. The van der Waals surface area contributed by atoms with E-state index in [1.165, 1.54) is 5.56 Å². The summed E-state index contributed by atoms with van der Waals surface area (Å²) in [4.78, 5) is 11.7. The van der Waals surface area contributed by atoms with E-state index in [1.54, 1.807) is 0 Å². The highest BCUT2D eigenvalue weighted by Gasteiger charge is 2.29. The van der Waals surface area contributed by atoms with Gasteiger partial charge in [0.1, 0.15) is 0 Å². The Kier molecular flexibility index (Phi) is 2.96. The highest BCUT2D eigenvalue weighted by molar-refractivity contribution is 6.30. The zero-order valence-electron chi connectivity index (χ0n) is 8.63. The normalized spacial score (nSPS) is 18.7. The van der Waals surface area contributed by atoms with Gasteiger partial charge in [0.25, 0.3) is 0 Å². The summed E-state index contributed by atoms with van der Waals surface area (Å²) in [6, 6.07) is 5.75. The number of benzene rings is 1. The summed E-state index contributed by atoms with van der Waals surface area (Å²) in [5.74, 6) is -0.239. The van der Waals surface area contributed by atoms with E-state index in [0.717, 1.165) is 18.4 Å². The van der Waals surface area contributed by atoms with E-state index in [-0.39, 0.29) is 11.9 Å². The van der Waals surface area contributed by atoms with Crippen LogP contribution >= 0.6 is 11.6 Å². The first-order chi connectivity index (χ1) is 7.22. The van der Waals surface area contributed by atoms with Gasteiger partial charge in [-0.05, 0) is 43.0 Å². The average Bonchev–Trinajstić information content (AvgIpc) is 2.60. The van der Waals surface area contributed by atoms with Crippen LogP contribution in [0.2, 0.25) is 5.02 Å². The fourth-order valence-corrected chi connectivity index (χ4v) is 2.24. The van der Waals surface area contributed by atoms with Crippen molar-refractivity contribution in [2.24, 2.45) is 0 Å². The van der Waals surface area contributed by atoms with Crippen LogP contribution in [-0.4, -0.2) is 12.6 Å². The molecule has 0 aliphatic heterocycles. The highest BCUT2D eigenvalue weighted by atomic mass is 35.5. The van der Waals surface area contributed by atoms with Crippen molar-refractivity contribution in [3.05, 3.63) is 34.3 Å². The summed E-state index contributed by atoms with van der Waals surface area (Å²) in [5.41, 5.74) is 2.26. The minimum Gasteiger partial charge on any atom is -0.466 e. The van der Waals surface area contributed by atoms with Crippen molar-refractivity contribution in [1.82, 2.24) is 0 Å². The molecule has 0 bridgehead atoms. The molecule has 80 valence electrons. The fourth-order valence-electron chi connectivity index (χ4n) is 2.06. The molecular weight excluding hydrogens is 212 g/mol. The topological polar surface area (TPSA) is 26.3 Å². The quantitative estimate of drug-likeness (QED) is 0.722. The number of ether oxygens (including phenoxy) is 1. The molecule has 0 spiro atoms. The number of fused-ring (bicyclic) bond motifs is 1. The Hall–Kier alpha value is -1.02. The zero-order valence-corrected chi connectivity index (χ0v) is 9.38. The van der Waals surface area contributed by atoms with Gasteiger partial charge < -0.3 is 4.74 Å². The van der Waals surface area contributed by atoms with Gasteiger partial charge in [-0.1, -0.05) is 17.7 Å². The van der Waals surface area contributed by atoms with Crippen LogP contribution in [0.15, 0.2) is 18.2 Å². The Bertz CT molecular complexity index is 387. The first-order valence-electron chi connectivity index (χ1n) is 5.17. The van der Waals surface area contributed by atoms with Crippen molar-refractivity contribution in [3.63, 3.8) is 0 Å². The van der Waals surface area contributed by atoms with Crippen LogP contribution in [0.1, 0.15) is 30.4 Å². The van der Waals surface area contributed by atoms with E-state index < -0.39 is 0 Å². The Morgan fingerprint density at radius 2 is 2.40 bits per heavy atom. The molecule has 2 nitrogen and oxygen atoms in total. The minimum absolute atomic E-state index is 0.112. The lowest BCUT2D eigenvalue weighted by atomic mass is 10.0. The van der Waals surface area contributed by atoms with Gasteiger partial charge >= 0.3 is 5.97 Å². The molecule has 0 saturated heterocycles. The second-order valence-corrected chi connectivity index (χ2v) is 4.12. The van der Waals surface area contributed by atoms with Crippen molar-refractivity contribution in [3.8, 4) is 0 Å². The van der Waals surface area contributed by atoms with Gasteiger partial charge in [-0.15, -0.1) is 0 Å². The van der Waals surface area contributed by atoms with Gasteiger partial charge in [-0.25, -0.2) is 0 Å². The predicted octanol–water partition coefficient (Wildman–Crippen LogP) is 2.93. The molecule has 0 amide bonds. The molecule has 2 rings (SSSR count). The SMILES string of the molecule is CCOC(=O)C1CCc2ccc(Cl)cc21. The van der Waals surface area contributed by atoms with Crippen molar-refractivity contribution < 1.29 is 9.53 Å². The molecule has 15 heavy (non-hydrogen) atoms. The largest absolute Gasteiger partial charge is 0.466 e. The second kappa shape index (κ2) is 4.23. The molecule has 3 heteroatoms. The number of esters is 1. The number of halogens is 1. The van der Waals surface area contributed by atoms with Crippen molar-refractivity contribution >= 4 is 17.6 Å². The van der Waals surface area contributed by atoms with Crippen LogP contribution in [0.25, 0.3) is 0 Å². The Morgan fingerprint density at radius 1 is 1.60 bits per heavy atom. The van der Waals surface area contributed by atoms with E-state index in [9.17, 15) is 4.79 Å². The van der Waals surface area contributed by atoms with E-state index >= 15 is 0 Å². The molecule has 1 unspecified atom stereocenters. The summed E-state index contributed by atoms with van der Waals surface area (Å²) in [6.07, 6.45) is 1.78. The van der Waals surface area contributed by atoms with Crippen LogP contribution < -0.4 is 0 Å². The van der Waals surface area contributed by atoms with E-state index in [1.807, 2.05) is 25.1 Å². The van der Waals surface area contributed by atoms with Crippen molar-refractivity contribution in [1.29, 1.82) is 0 Å². The van der Waals surface area contributed by atoms with Gasteiger partial charge in [0.05, 0.1) is 12.5 Å². The molecule has 0 heterocycles. The number of carbonyl (C=O) groups excluding carboxylic acids is 1. The first-order valence-corrected chi connectivity index (χ1v) is 5.55. The maximum absolute atomic E-state index is 11.7. The maximum atomic E-state index is 11.7. The Labute approximate surface area is 94.2 Å². The van der Waals surface area contributed by atoms with Crippen molar-refractivity contribution in [2.75, 3.05) is 6.61 Å². The molecule has 0 fully saturated rings. The fraction of sp³-hybridized carbons (Fsp3) is 0.417. The van der Waals surface area contributed by atoms with Crippen LogP contribution in [0, 0.1) is 0 Å². The lowest BCUT2D eigenvalue weighted by Crippen LogP contribution is -2.13. The Balaban J connectivity index is 2.27. The molecule has 1 atom stereocenters. The number of aryl methyl sites for hydroxylation is 1. The number of carbonyl (C=O) groups is 1. The molecule has 1 aliphatic rings. The molecular formula is C12H13ClO2. The molecule has 0 radical (unpaired) electrons. The third-order valence-electron chi connectivity index (χ3n) is 2.76. The summed E-state index contributed by atoms with van der Waals surface area (Å²) in [7, 11) is 0. The standard InChI is InChI=1S/C12H13ClO2/c1-2-15-12(14)10-6-4-8-3-5-9(13)7-11(8)10/h3,5,7,10H,2,4,6H2,1H3. The predicted molar refractivity (Wildman–Crippen MR) is 59.1 cm³/mol. The van der Waals surface area contributed by atoms with Gasteiger partial charge in [0, 0.05) is 5.02 Å². The first kappa shape index (κ1) is 10.5. The van der Waals surface area contributed by atoms with E-state index in [4.69, 9.17) is 16.3 Å². The van der Waals surface area contributed by atoms with E-state index in [2.05, 4.69) is 0 Å². The van der Waals surface area contributed by atoms with Crippen LogP contribution in [0.5, 0.6) is 0 Å². The lowest BCUT2D eigenvalue weighted by molar-refractivity contribution is -0.144. The molecule has 1 aromatic carbocycles. The lowest BCUT2D eigenvalue weighted by Gasteiger charge is -2.10. The maximum Gasteiger partial charge on any atom is 0.313 e. The molecule has 0 N–H and O–H groups in total. The van der Waals surface area contributed by atoms with Gasteiger partial charge in [0.2, 0.25) is 0 Å². The summed E-state index contributed by atoms with van der Waals surface area (Å²) in [6.45, 7) is 2.26. The third kappa shape index (κ3) is 2.00. The minimum atomic E-state index is -0.126. The van der Waals surface area contributed by atoms with Gasteiger partial charge in [-0.2, -0.15) is 0 Å². The van der Waals surface area contributed by atoms with Gasteiger partial charge in [0.15, 0.2) is 0 Å². The molecule has 0 aromatic heterocycles.